The molecule has 0 atom stereocenters. The maximum absolute atomic E-state index is 12.8. The van der Waals surface area contributed by atoms with Crippen molar-refractivity contribution < 1.29 is 13.2 Å². The summed E-state index contributed by atoms with van der Waals surface area (Å²) in [5.41, 5.74) is 1.52. The van der Waals surface area contributed by atoms with Crippen LogP contribution in [0.1, 0.15) is 5.56 Å². The fourth-order valence-corrected chi connectivity index (χ4v) is 1.78. The minimum atomic E-state index is -0.326. The molecule has 0 aliphatic heterocycles. The molecule has 0 fully saturated rings. The Balaban J connectivity index is 1.67. The quantitative estimate of drug-likeness (QED) is 0.796. The average Bonchev–Trinajstić information content (AvgIpc) is 2.96. The van der Waals surface area contributed by atoms with Crippen LogP contribution in [0.5, 0.6) is 0 Å². The number of hydrogen-bond donors (Lipinski definition) is 1. The number of aromatic nitrogens is 2. The Morgan fingerprint density at radius 2 is 1.48 bits per heavy atom. The number of nitrogens with one attached hydrogen (secondary N) is 1. The second-order valence-electron chi connectivity index (χ2n) is 4.40. The molecule has 1 N–H and O–H groups in total. The zero-order valence-corrected chi connectivity index (χ0v) is 10.9. The Morgan fingerprint density at radius 1 is 0.857 bits per heavy atom. The van der Waals surface area contributed by atoms with E-state index >= 15 is 0 Å². The van der Waals surface area contributed by atoms with Gasteiger partial charge in [-0.3, -0.25) is 0 Å². The van der Waals surface area contributed by atoms with Gasteiger partial charge < -0.3 is 9.73 Å². The van der Waals surface area contributed by atoms with Gasteiger partial charge in [0.05, 0.1) is 0 Å². The summed E-state index contributed by atoms with van der Waals surface area (Å²) in [6.07, 6.45) is 0. The van der Waals surface area contributed by atoms with Crippen LogP contribution < -0.4 is 5.32 Å². The van der Waals surface area contributed by atoms with Crippen LogP contribution in [0.15, 0.2) is 52.9 Å². The van der Waals surface area contributed by atoms with E-state index in [-0.39, 0.29) is 17.6 Å². The zero-order valence-electron chi connectivity index (χ0n) is 10.9. The van der Waals surface area contributed by atoms with E-state index in [1.165, 1.54) is 24.3 Å². The molecule has 0 amide bonds. The molecule has 0 aliphatic rings. The first-order valence-corrected chi connectivity index (χ1v) is 6.28. The van der Waals surface area contributed by atoms with E-state index in [1.807, 2.05) is 0 Å². The standard InChI is InChI=1S/C15H11F2N3O/c16-12-5-1-10(2-6-12)9-18-15-20-19-14(21-15)11-3-7-13(17)8-4-11/h1-8H,9H2,(H,18,20). The molecule has 0 saturated heterocycles. The molecule has 0 saturated carbocycles. The normalized spacial score (nSPS) is 10.6. The molecule has 0 unspecified atom stereocenters. The summed E-state index contributed by atoms with van der Waals surface area (Å²) in [7, 11) is 0. The van der Waals surface area contributed by atoms with Gasteiger partial charge in [0.15, 0.2) is 0 Å². The fraction of sp³-hybridized carbons (Fsp3) is 0.0667. The Bertz CT molecular complexity index is 723. The Labute approximate surface area is 119 Å². The van der Waals surface area contributed by atoms with Crippen LogP contribution in [0.25, 0.3) is 11.5 Å². The largest absolute Gasteiger partial charge is 0.403 e. The molecule has 21 heavy (non-hydrogen) atoms. The van der Waals surface area contributed by atoms with Gasteiger partial charge in [-0.25, -0.2) is 8.78 Å². The average molecular weight is 287 g/mol. The second kappa shape index (κ2) is 5.70. The van der Waals surface area contributed by atoms with Gasteiger partial charge in [-0.15, -0.1) is 5.10 Å². The lowest BCUT2D eigenvalue weighted by Crippen LogP contribution is -1.99. The SMILES string of the molecule is Fc1ccc(CNc2nnc(-c3ccc(F)cc3)o2)cc1. The van der Waals surface area contributed by atoms with E-state index in [9.17, 15) is 8.78 Å². The Kier molecular flexibility index (Phi) is 3.59. The molecule has 0 spiro atoms. The van der Waals surface area contributed by atoms with E-state index in [4.69, 9.17) is 4.42 Å². The van der Waals surface area contributed by atoms with Crippen molar-refractivity contribution in [3.63, 3.8) is 0 Å². The molecule has 4 nitrogen and oxygen atoms in total. The van der Waals surface area contributed by atoms with Crippen molar-refractivity contribution in [1.29, 1.82) is 0 Å². The summed E-state index contributed by atoms with van der Waals surface area (Å²) in [4.78, 5) is 0. The maximum atomic E-state index is 12.8. The molecule has 2 aromatic carbocycles. The third-order valence-electron chi connectivity index (χ3n) is 2.87. The summed E-state index contributed by atoms with van der Waals surface area (Å²) in [5.74, 6) is -0.306. The summed E-state index contributed by atoms with van der Waals surface area (Å²) >= 11 is 0. The lowest BCUT2D eigenvalue weighted by atomic mass is 10.2. The highest BCUT2D eigenvalue weighted by Crippen LogP contribution is 2.20. The lowest BCUT2D eigenvalue weighted by molar-refractivity contribution is 0.580. The van der Waals surface area contributed by atoms with E-state index < -0.39 is 0 Å². The van der Waals surface area contributed by atoms with Crippen LogP contribution in [0.2, 0.25) is 0 Å². The van der Waals surface area contributed by atoms with Gasteiger partial charge >= 0.3 is 6.01 Å². The molecule has 0 aliphatic carbocycles. The van der Waals surface area contributed by atoms with E-state index in [0.29, 0.717) is 18.0 Å². The molecular formula is C15H11F2N3O. The number of anilines is 1. The monoisotopic (exact) mass is 287 g/mol. The number of nitrogens with zero attached hydrogens (tertiary/aromatic N) is 2. The van der Waals surface area contributed by atoms with Crippen LogP contribution in [-0.2, 0) is 6.54 Å². The highest BCUT2D eigenvalue weighted by Gasteiger charge is 2.08. The van der Waals surface area contributed by atoms with Crippen molar-refractivity contribution in [2.24, 2.45) is 0 Å². The summed E-state index contributed by atoms with van der Waals surface area (Å²) in [6, 6.07) is 12.1. The van der Waals surface area contributed by atoms with Crippen LogP contribution in [0, 0.1) is 11.6 Å². The third-order valence-corrected chi connectivity index (χ3v) is 2.87. The van der Waals surface area contributed by atoms with Gasteiger partial charge in [-0.05, 0) is 42.0 Å². The van der Waals surface area contributed by atoms with E-state index in [1.54, 1.807) is 24.3 Å². The maximum Gasteiger partial charge on any atom is 0.316 e. The molecule has 1 heterocycles. The molecule has 0 bridgehead atoms. The predicted octanol–water partition coefficient (Wildman–Crippen LogP) is 3.63. The number of halogens is 2. The lowest BCUT2D eigenvalue weighted by Gasteiger charge is -2.01. The van der Waals surface area contributed by atoms with Gasteiger partial charge in [0, 0.05) is 12.1 Å². The van der Waals surface area contributed by atoms with Crippen molar-refractivity contribution in [3.8, 4) is 11.5 Å². The molecule has 3 rings (SSSR count). The molecule has 6 heteroatoms. The summed E-state index contributed by atoms with van der Waals surface area (Å²) in [6.45, 7) is 0.436. The zero-order chi connectivity index (χ0) is 14.7. The minimum Gasteiger partial charge on any atom is -0.403 e. The van der Waals surface area contributed by atoms with Gasteiger partial charge in [-0.2, -0.15) is 0 Å². The third kappa shape index (κ3) is 3.22. The van der Waals surface area contributed by atoms with Crippen molar-refractivity contribution in [2.75, 3.05) is 5.32 Å². The van der Waals surface area contributed by atoms with Gasteiger partial charge in [0.1, 0.15) is 11.6 Å². The summed E-state index contributed by atoms with van der Waals surface area (Å²) < 4.78 is 31.0. The van der Waals surface area contributed by atoms with Crippen molar-refractivity contribution in [3.05, 3.63) is 65.7 Å². The fourth-order valence-electron chi connectivity index (χ4n) is 1.78. The Hall–Kier alpha value is -2.76. The second-order valence-corrected chi connectivity index (χ2v) is 4.40. The number of benzene rings is 2. The van der Waals surface area contributed by atoms with Gasteiger partial charge in [0.25, 0.3) is 0 Å². The van der Waals surface area contributed by atoms with Crippen molar-refractivity contribution >= 4 is 6.01 Å². The van der Waals surface area contributed by atoms with E-state index in [2.05, 4.69) is 15.5 Å². The number of rotatable bonds is 4. The smallest absolute Gasteiger partial charge is 0.316 e. The van der Waals surface area contributed by atoms with Crippen LogP contribution in [0.4, 0.5) is 14.8 Å². The Morgan fingerprint density at radius 3 is 2.14 bits per heavy atom. The van der Waals surface area contributed by atoms with Gasteiger partial charge in [-0.1, -0.05) is 17.2 Å². The predicted molar refractivity (Wildman–Crippen MR) is 73.4 cm³/mol. The van der Waals surface area contributed by atoms with Crippen molar-refractivity contribution in [1.82, 2.24) is 10.2 Å². The highest BCUT2D eigenvalue weighted by atomic mass is 19.1. The van der Waals surface area contributed by atoms with Crippen LogP contribution in [-0.4, -0.2) is 10.2 Å². The molecule has 106 valence electrons. The molecule has 0 radical (unpaired) electrons. The van der Waals surface area contributed by atoms with Crippen molar-refractivity contribution in [2.45, 2.75) is 6.54 Å². The van der Waals surface area contributed by atoms with Gasteiger partial charge in [0.2, 0.25) is 5.89 Å². The molecular weight excluding hydrogens is 276 g/mol. The first kappa shape index (κ1) is 13.2. The first-order valence-electron chi connectivity index (χ1n) is 6.28. The minimum absolute atomic E-state index is 0.249. The highest BCUT2D eigenvalue weighted by molar-refractivity contribution is 5.53. The molecule has 3 aromatic rings. The first-order chi connectivity index (χ1) is 10.2. The molecule has 1 aromatic heterocycles. The number of hydrogen-bond acceptors (Lipinski definition) is 4. The van der Waals surface area contributed by atoms with E-state index in [0.717, 1.165) is 5.56 Å². The van der Waals surface area contributed by atoms with Crippen LogP contribution in [0.3, 0.4) is 0 Å². The van der Waals surface area contributed by atoms with Crippen LogP contribution >= 0.6 is 0 Å². The summed E-state index contributed by atoms with van der Waals surface area (Å²) in [5, 5.41) is 10.7. The topological polar surface area (TPSA) is 51.0 Å².